The lowest BCUT2D eigenvalue weighted by molar-refractivity contribution is -0.384. The fraction of sp³-hybridized carbons (Fsp3) is 0.0526. The van der Waals surface area contributed by atoms with Crippen LogP contribution in [0.5, 0.6) is 0 Å². The molecule has 0 aliphatic rings. The predicted octanol–water partition coefficient (Wildman–Crippen LogP) is 4.52. The Kier molecular flexibility index (Phi) is 3.02. The minimum Gasteiger partial charge on any atom is -0.268 e. The average molecular weight is 383 g/mol. The number of fused-ring (bicyclic) bond motifs is 4. The van der Waals surface area contributed by atoms with Gasteiger partial charge in [0.2, 0.25) is 0 Å². The molecule has 9 heteroatoms. The van der Waals surface area contributed by atoms with Crippen molar-refractivity contribution >= 4 is 43.9 Å². The molecule has 2 heterocycles. The molecular weight excluding hydrogens is 375 g/mol. The third kappa shape index (κ3) is 2.10. The highest BCUT2D eigenvalue weighted by molar-refractivity contribution is 6.16. The first-order valence-electron chi connectivity index (χ1n) is 8.11. The van der Waals surface area contributed by atoms with Crippen molar-refractivity contribution < 1.29 is 18.1 Å². The third-order valence-electron chi connectivity index (χ3n) is 4.83. The average Bonchev–Trinajstić information content (AvgIpc) is 3.03. The fourth-order valence-electron chi connectivity index (χ4n) is 3.64. The number of hydrogen-bond donors (Lipinski definition) is 0. The first-order valence-corrected chi connectivity index (χ1v) is 8.11. The molecule has 0 atom stereocenters. The molecule has 0 bridgehead atoms. The van der Waals surface area contributed by atoms with Gasteiger partial charge in [0.25, 0.3) is 11.2 Å². The van der Waals surface area contributed by atoms with Gasteiger partial charge in [-0.1, -0.05) is 12.1 Å². The lowest BCUT2D eigenvalue weighted by Crippen LogP contribution is -2.13. The molecule has 2 aromatic heterocycles. The van der Waals surface area contributed by atoms with Crippen LogP contribution in [0.15, 0.2) is 53.3 Å². The van der Waals surface area contributed by atoms with Crippen LogP contribution in [0.3, 0.4) is 0 Å². The molecule has 0 N–H and O–H groups in total. The minimum absolute atomic E-state index is 0.00867. The second kappa shape index (κ2) is 5.16. The zero-order chi connectivity index (χ0) is 19.8. The molecule has 0 aliphatic carbocycles. The summed E-state index contributed by atoms with van der Waals surface area (Å²) in [7, 11) is 0. The summed E-state index contributed by atoms with van der Waals surface area (Å²) in [5.41, 5.74) is -1.23. The lowest BCUT2D eigenvalue weighted by Gasteiger charge is -2.07. The van der Waals surface area contributed by atoms with Crippen LogP contribution in [-0.4, -0.2) is 14.3 Å². The third-order valence-corrected chi connectivity index (χ3v) is 4.83. The number of aromatic nitrogens is 2. The molecule has 0 spiro atoms. The van der Waals surface area contributed by atoms with E-state index in [0.717, 1.165) is 12.1 Å². The van der Waals surface area contributed by atoms with E-state index in [9.17, 15) is 28.1 Å². The predicted molar refractivity (Wildman–Crippen MR) is 96.8 cm³/mol. The van der Waals surface area contributed by atoms with Crippen molar-refractivity contribution in [2.75, 3.05) is 0 Å². The zero-order valence-electron chi connectivity index (χ0n) is 13.8. The van der Waals surface area contributed by atoms with Crippen LogP contribution in [-0.2, 0) is 6.18 Å². The van der Waals surface area contributed by atoms with Crippen molar-refractivity contribution in [3.8, 4) is 0 Å². The van der Waals surface area contributed by atoms with Crippen LogP contribution in [0.4, 0.5) is 18.9 Å². The second-order valence-electron chi connectivity index (χ2n) is 6.43. The fourth-order valence-corrected chi connectivity index (χ4v) is 3.64. The lowest BCUT2D eigenvalue weighted by atomic mass is 10.0. The smallest absolute Gasteiger partial charge is 0.268 e. The summed E-state index contributed by atoms with van der Waals surface area (Å²) in [4.78, 5) is 28.0. The van der Waals surface area contributed by atoms with Gasteiger partial charge < -0.3 is 0 Å². The molecule has 0 saturated heterocycles. The Morgan fingerprint density at radius 1 is 1.04 bits per heavy atom. The van der Waals surface area contributed by atoms with Gasteiger partial charge in [-0.25, -0.2) is 4.98 Å². The van der Waals surface area contributed by atoms with Crippen molar-refractivity contribution in [3.63, 3.8) is 0 Å². The van der Waals surface area contributed by atoms with Crippen molar-refractivity contribution in [2.24, 2.45) is 0 Å². The van der Waals surface area contributed by atoms with E-state index < -0.39 is 22.2 Å². The number of halogens is 3. The molecule has 138 valence electrons. The summed E-state index contributed by atoms with van der Waals surface area (Å²) in [5.74, 6) is 0. The number of nitro groups is 1. The maximum atomic E-state index is 13.0. The number of benzene rings is 3. The highest BCUT2D eigenvalue weighted by atomic mass is 19.4. The molecule has 0 radical (unpaired) electrons. The summed E-state index contributed by atoms with van der Waals surface area (Å²) in [6.07, 6.45) is -4.55. The topological polar surface area (TPSA) is 77.5 Å². The Morgan fingerprint density at radius 2 is 1.82 bits per heavy atom. The van der Waals surface area contributed by atoms with E-state index in [2.05, 4.69) is 4.98 Å². The number of rotatable bonds is 1. The molecule has 28 heavy (non-hydrogen) atoms. The molecule has 5 aromatic rings. The largest absolute Gasteiger partial charge is 0.416 e. The molecule has 3 aromatic carbocycles. The van der Waals surface area contributed by atoms with Crippen molar-refractivity contribution in [1.82, 2.24) is 9.38 Å². The first kappa shape index (κ1) is 16.4. The molecule has 5 rings (SSSR count). The highest BCUT2D eigenvalue weighted by Gasteiger charge is 2.31. The summed E-state index contributed by atoms with van der Waals surface area (Å²) >= 11 is 0. The van der Waals surface area contributed by atoms with Crippen LogP contribution < -0.4 is 5.56 Å². The van der Waals surface area contributed by atoms with Crippen molar-refractivity contribution in [2.45, 2.75) is 6.18 Å². The number of nitrogens with zero attached hydrogens (tertiary/aromatic N) is 3. The van der Waals surface area contributed by atoms with Crippen LogP contribution in [0.25, 0.3) is 38.2 Å². The van der Waals surface area contributed by atoms with E-state index >= 15 is 0 Å². The normalized spacial score (nSPS) is 12.5. The van der Waals surface area contributed by atoms with Crippen LogP contribution in [0.1, 0.15) is 5.56 Å². The Labute approximate surface area is 152 Å². The first-order chi connectivity index (χ1) is 13.3. The van der Waals surface area contributed by atoms with Gasteiger partial charge in [0.15, 0.2) is 0 Å². The van der Waals surface area contributed by atoms with Gasteiger partial charge in [0.05, 0.1) is 21.5 Å². The Bertz CT molecular complexity index is 1510. The molecule has 6 nitrogen and oxygen atoms in total. The maximum Gasteiger partial charge on any atom is 0.416 e. The van der Waals surface area contributed by atoms with Crippen LogP contribution >= 0.6 is 0 Å². The highest BCUT2D eigenvalue weighted by Crippen LogP contribution is 2.35. The molecular formula is C19H8F3N3O3. The Balaban J connectivity index is 2.04. The summed E-state index contributed by atoms with van der Waals surface area (Å²) in [6.45, 7) is 0. The number of imidazole rings is 1. The quantitative estimate of drug-likeness (QED) is 0.315. The van der Waals surface area contributed by atoms with Gasteiger partial charge in [-0.15, -0.1) is 0 Å². The maximum absolute atomic E-state index is 13.0. The van der Waals surface area contributed by atoms with Crippen molar-refractivity contribution in [1.29, 1.82) is 0 Å². The summed E-state index contributed by atoms with van der Waals surface area (Å²) in [5, 5.41) is 12.9. The van der Waals surface area contributed by atoms with E-state index in [1.807, 2.05) is 0 Å². The standard InChI is InChI=1S/C19H8F3N3O3/c20-19(21,22)10-4-5-15-14(7-10)23-17-13-8-11(25(27)28)6-9-2-1-3-12(16(9)13)18(26)24(15)17/h1-8H. The number of nitro benzene ring substituents is 1. The van der Waals surface area contributed by atoms with Crippen LogP contribution in [0.2, 0.25) is 0 Å². The monoisotopic (exact) mass is 383 g/mol. The number of alkyl halides is 3. The molecule has 0 unspecified atom stereocenters. The number of non-ortho nitro benzene ring substituents is 1. The van der Waals surface area contributed by atoms with Gasteiger partial charge in [0.1, 0.15) is 5.65 Å². The van der Waals surface area contributed by atoms with E-state index in [4.69, 9.17) is 0 Å². The number of hydrogen-bond acceptors (Lipinski definition) is 4. The van der Waals surface area contributed by atoms with E-state index in [1.54, 1.807) is 18.2 Å². The summed E-state index contributed by atoms with van der Waals surface area (Å²) in [6, 6.07) is 10.4. The van der Waals surface area contributed by atoms with Gasteiger partial charge in [-0.05, 0) is 29.7 Å². The second-order valence-corrected chi connectivity index (χ2v) is 6.43. The Hall–Kier alpha value is -3.75. The molecule has 0 saturated carbocycles. The summed E-state index contributed by atoms with van der Waals surface area (Å²) < 4.78 is 40.3. The number of pyridine rings is 1. The molecule has 0 amide bonds. The molecule has 0 aliphatic heterocycles. The van der Waals surface area contributed by atoms with Crippen LogP contribution in [0, 0.1) is 10.1 Å². The van der Waals surface area contributed by atoms with Gasteiger partial charge >= 0.3 is 6.18 Å². The SMILES string of the molecule is O=c1c2cccc3cc([N+](=O)[O-])cc(c32)c2nc3cc(C(F)(F)F)ccc3n12. The molecule has 0 fully saturated rings. The minimum atomic E-state index is -4.55. The van der Waals surface area contributed by atoms with E-state index in [0.29, 0.717) is 21.5 Å². The van der Waals surface area contributed by atoms with Gasteiger partial charge in [-0.3, -0.25) is 19.3 Å². The van der Waals surface area contributed by atoms with Crippen molar-refractivity contribution in [3.05, 3.63) is 74.6 Å². The van der Waals surface area contributed by atoms with Gasteiger partial charge in [-0.2, -0.15) is 13.2 Å². The zero-order valence-corrected chi connectivity index (χ0v) is 13.8. The van der Waals surface area contributed by atoms with Gasteiger partial charge in [0, 0.05) is 28.3 Å². The Morgan fingerprint density at radius 3 is 2.54 bits per heavy atom. The van der Waals surface area contributed by atoms with E-state index in [1.165, 1.54) is 22.6 Å². The van der Waals surface area contributed by atoms with E-state index in [-0.39, 0.29) is 22.4 Å².